The molecule has 12 heteroatoms. The summed E-state index contributed by atoms with van der Waals surface area (Å²) in [6, 6.07) is 8.83. The Morgan fingerprint density at radius 3 is 2.24 bits per heavy atom. The second-order valence-corrected chi connectivity index (χ2v) is 11.2. The number of alkyl halides is 2. The minimum atomic E-state index is -2.94. The Balaban J connectivity index is 1.31. The molecule has 2 aliphatic heterocycles. The van der Waals surface area contributed by atoms with Gasteiger partial charge in [0.25, 0.3) is 5.92 Å². The lowest BCUT2D eigenvalue weighted by molar-refractivity contribution is -0.141. The highest BCUT2D eigenvalue weighted by molar-refractivity contribution is 6.30. The minimum Gasteiger partial charge on any atom is -0.410 e. The van der Waals surface area contributed by atoms with Crippen molar-refractivity contribution in [3.63, 3.8) is 0 Å². The van der Waals surface area contributed by atoms with Crippen LogP contribution in [0.25, 0.3) is 0 Å². The first-order valence-electron chi connectivity index (χ1n) is 13.6. The topological polar surface area (TPSA) is 70.2 Å². The zero-order valence-electron chi connectivity index (χ0n) is 22.4. The van der Waals surface area contributed by atoms with E-state index in [1.54, 1.807) is 17.9 Å². The van der Waals surface area contributed by atoms with Crippen LogP contribution in [0.2, 0.25) is 5.02 Å². The van der Waals surface area contributed by atoms with Gasteiger partial charge in [-0.2, -0.15) is 0 Å². The Kier molecular flexibility index (Phi) is 8.18. The number of benzene rings is 2. The molecule has 3 amide bonds. The number of amides is 3. The molecule has 2 heterocycles. The van der Waals surface area contributed by atoms with E-state index in [9.17, 15) is 31.9 Å². The summed E-state index contributed by atoms with van der Waals surface area (Å²) in [6.45, 7) is 2.79. The van der Waals surface area contributed by atoms with Crippen molar-refractivity contribution in [3.05, 3.63) is 64.7 Å². The Labute approximate surface area is 240 Å². The third-order valence-corrected chi connectivity index (χ3v) is 8.55. The van der Waals surface area contributed by atoms with E-state index in [1.165, 1.54) is 46.2 Å². The normalized spacial score (nSPS) is 23.8. The van der Waals surface area contributed by atoms with E-state index in [0.29, 0.717) is 18.4 Å². The van der Waals surface area contributed by atoms with Gasteiger partial charge in [0.05, 0.1) is 11.1 Å². The van der Waals surface area contributed by atoms with Crippen LogP contribution in [0.5, 0.6) is 5.75 Å². The molecule has 0 aromatic heterocycles. The van der Waals surface area contributed by atoms with Crippen LogP contribution in [-0.2, 0) is 9.59 Å². The molecule has 0 N–H and O–H groups in total. The van der Waals surface area contributed by atoms with Crippen LogP contribution in [0, 0.1) is 23.5 Å². The van der Waals surface area contributed by atoms with Gasteiger partial charge in [0.1, 0.15) is 23.3 Å². The molecule has 220 valence electrons. The van der Waals surface area contributed by atoms with E-state index in [-0.39, 0.29) is 49.4 Å². The number of carbonyl (C=O) groups is 3. The zero-order valence-corrected chi connectivity index (χ0v) is 23.1. The molecule has 3 fully saturated rings. The highest BCUT2D eigenvalue weighted by atomic mass is 35.5. The maximum atomic E-state index is 14.5. The van der Waals surface area contributed by atoms with E-state index in [4.69, 9.17) is 16.3 Å². The number of hydrogen-bond donors (Lipinski definition) is 0. The van der Waals surface area contributed by atoms with E-state index in [2.05, 4.69) is 0 Å². The Bertz CT molecular complexity index is 1320. The molecule has 0 radical (unpaired) electrons. The maximum Gasteiger partial charge on any atom is 0.415 e. The monoisotopic (exact) mass is 595 g/mol. The largest absolute Gasteiger partial charge is 0.415 e. The molecule has 2 aromatic rings. The number of carbonyl (C=O) groups excluding carboxylic acids is 3. The second-order valence-electron chi connectivity index (χ2n) is 10.8. The van der Waals surface area contributed by atoms with Crippen molar-refractivity contribution in [3.8, 4) is 5.75 Å². The predicted octanol–water partition coefficient (Wildman–Crippen LogP) is 5.33. The van der Waals surface area contributed by atoms with Gasteiger partial charge in [0, 0.05) is 51.0 Å². The minimum absolute atomic E-state index is 0.0513. The van der Waals surface area contributed by atoms with Gasteiger partial charge in [-0.1, -0.05) is 17.7 Å². The number of likely N-dealkylation sites (tertiary alicyclic amines) is 2. The van der Waals surface area contributed by atoms with Crippen LogP contribution < -0.4 is 4.74 Å². The van der Waals surface area contributed by atoms with Gasteiger partial charge < -0.3 is 19.4 Å². The highest BCUT2D eigenvalue weighted by Crippen LogP contribution is 2.49. The number of piperidine rings is 1. The van der Waals surface area contributed by atoms with Crippen LogP contribution in [0.3, 0.4) is 0 Å². The first-order valence-corrected chi connectivity index (χ1v) is 14.0. The molecule has 0 bridgehead atoms. The van der Waals surface area contributed by atoms with E-state index in [0.717, 1.165) is 0 Å². The maximum absolute atomic E-state index is 14.5. The van der Waals surface area contributed by atoms with Crippen LogP contribution in [0.1, 0.15) is 37.7 Å². The van der Waals surface area contributed by atoms with Crippen molar-refractivity contribution < 1.29 is 36.7 Å². The number of halogens is 5. The molecule has 3 atom stereocenters. The molecule has 1 saturated carbocycles. The Hall–Kier alpha value is -3.34. The van der Waals surface area contributed by atoms with Crippen molar-refractivity contribution in [2.75, 3.05) is 32.7 Å². The van der Waals surface area contributed by atoms with Gasteiger partial charge in [0.15, 0.2) is 0 Å². The summed E-state index contributed by atoms with van der Waals surface area (Å²) in [6.07, 6.45) is -0.436. The summed E-state index contributed by atoms with van der Waals surface area (Å²) < 4.78 is 60.0. The second kappa shape index (κ2) is 11.5. The SMILES string of the molecule is CCN(C(=O)Oc1ccc(F)cc1)[C@@H]1CN(C(=O)C2CCN(C(=O)C3CC3(F)F)CC2)C[C@H]1c1ccc(Cl)c(F)c1. The fourth-order valence-electron chi connectivity index (χ4n) is 5.82. The Morgan fingerprint density at radius 1 is 1.00 bits per heavy atom. The molecule has 2 aromatic carbocycles. The van der Waals surface area contributed by atoms with Crippen molar-refractivity contribution in [2.24, 2.45) is 11.8 Å². The summed E-state index contributed by atoms with van der Waals surface area (Å²) in [5.41, 5.74) is 0.561. The number of nitrogens with zero attached hydrogens (tertiary/aromatic N) is 3. The van der Waals surface area contributed by atoms with Crippen molar-refractivity contribution >= 4 is 29.5 Å². The fraction of sp³-hybridized carbons (Fsp3) is 0.483. The third kappa shape index (κ3) is 6.14. The molecule has 3 aliphatic rings. The van der Waals surface area contributed by atoms with Crippen LogP contribution in [-0.4, -0.2) is 77.3 Å². The molecule has 1 unspecified atom stereocenters. The predicted molar refractivity (Wildman–Crippen MR) is 142 cm³/mol. The number of ether oxygens (including phenoxy) is 1. The van der Waals surface area contributed by atoms with Crippen molar-refractivity contribution in [2.45, 2.75) is 44.1 Å². The van der Waals surface area contributed by atoms with Gasteiger partial charge >= 0.3 is 6.09 Å². The van der Waals surface area contributed by atoms with Crippen LogP contribution in [0.15, 0.2) is 42.5 Å². The summed E-state index contributed by atoms with van der Waals surface area (Å²) in [5.74, 6) is -6.75. The summed E-state index contributed by atoms with van der Waals surface area (Å²) in [4.78, 5) is 43.7. The summed E-state index contributed by atoms with van der Waals surface area (Å²) in [7, 11) is 0. The summed E-state index contributed by atoms with van der Waals surface area (Å²) in [5, 5.41) is -0.0513. The van der Waals surface area contributed by atoms with Gasteiger partial charge in [-0.15, -0.1) is 0 Å². The van der Waals surface area contributed by atoms with E-state index in [1.807, 2.05) is 0 Å². The van der Waals surface area contributed by atoms with Gasteiger partial charge in [0.2, 0.25) is 11.8 Å². The number of likely N-dealkylation sites (N-methyl/N-ethyl adjacent to an activating group) is 1. The lowest BCUT2D eigenvalue weighted by Crippen LogP contribution is -2.47. The lowest BCUT2D eigenvalue weighted by Gasteiger charge is -2.33. The average molecular weight is 596 g/mol. The highest BCUT2D eigenvalue weighted by Gasteiger charge is 2.62. The van der Waals surface area contributed by atoms with Crippen LogP contribution >= 0.6 is 11.6 Å². The lowest BCUT2D eigenvalue weighted by atomic mass is 9.93. The molecular formula is C29H30ClF4N3O4. The average Bonchev–Trinajstić information content (AvgIpc) is 3.38. The Morgan fingerprint density at radius 2 is 1.66 bits per heavy atom. The van der Waals surface area contributed by atoms with Gasteiger partial charge in [-0.3, -0.25) is 9.59 Å². The standard InChI is InChI=1S/C29H30ClF4N3O4/c1-2-37(28(40)41-20-6-4-19(31)5-7-20)25-16-36(15-21(25)18-3-8-23(30)24(32)13-18)26(38)17-9-11-35(12-10-17)27(39)22-14-29(22,33)34/h3-8,13,17,21-22,25H,2,9-12,14-16H2,1H3/t21-,22?,25+/m0/s1. The molecule has 41 heavy (non-hydrogen) atoms. The summed E-state index contributed by atoms with van der Waals surface area (Å²) >= 11 is 5.90. The smallest absolute Gasteiger partial charge is 0.410 e. The van der Waals surface area contributed by atoms with E-state index >= 15 is 0 Å². The van der Waals surface area contributed by atoms with Crippen molar-refractivity contribution in [1.29, 1.82) is 0 Å². The fourth-order valence-corrected chi connectivity index (χ4v) is 5.94. The van der Waals surface area contributed by atoms with Crippen molar-refractivity contribution in [1.82, 2.24) is 14.7 Å². The quantitative estimate of drug-likeness (QED) is 0.424. The van der Waals surface area contributed by atoms with Gasteiger partial charge in [-0.25, -0.2) is 22.4 Å². The molecule has 1 aliphatic carbocycles. The molecule has 0 spiro atoms. The zero-order chi connectivity index (χ0) is 29.5. The first-order chi connectivity index (χ1) is 19.5. The molecular weight excluding hydrogens is 566 g/mol. The van der Waals surface area contributed by atoms with Gasteiger partial charge in [-0.05, 0) is 61.7 Å². The molecule has 2 saturated heterocycles. The first kappa shape index (κ1) is 29.2. The third-order valence-electron chi connectivity index (χ3n) is 8.25. The van der Waals surface area contributed by atoms with Crippen LogP contribution in [0.4, 0.5) is 22.4 Å². The molecule has 7 nitrogen and oxygen atoms in total. The molecule has 5 rings (SSSR count). The number of rotatable bonds is 6. The van der Waals surface area contributed by atoms with E-state index < -0.39 is 59.8 Å². The number of hydrogen-bond acceptors (Lipinski definition) is 4.